The van der Waals surface area contributed by atoms with Crippen molar-refractivity contribution < 1.29 is 23.9 Å². The number of methoxy groups -OCH3 is 1. The summed E-state index contributed by atoms with van der Waals surface area (Å²) in [6.07, 6.45) is 9.03. The SMILES string of the molecule is COc1cccc2[nH]c(C(=O)N3CC4(CCCCC4)CC3C(=O)N[C@@H](C[C@@H]3CCCCC3=O)C(N)=O)cc12. The van der Waals surface area contributed by atoms with Gasteiger partial charge in [0.25, 0.3) is 5.91 Å². The molecular formula is C29H38N4O5. The first kappa shape index (κ1) is 26.3. The van der Waals surface area contributed by atoms with E-state index in [0.29, 0.717) is 37.3 Å². The Morgan fingerprint density at radius 3 is 2.68 bits per heavy atom. The lowest BCUT2D eigenvalue weighted by atomic mass is 9.72. The van der Waals surface area contributed by atoms with Crippen LogP contribution in [0, 0.1) is 11.3 Å². The van der Waals surface area contributed by atoms with Crippen molar-refractivity contribution in [2.45, 2.75) is 82.7 Å². The van der Waals surface area contributed by atoms with Crippen LogP contribution in [-0.2, 0) is 14.4 Å². The Balaban J connectivity index is 1.39. The molecule has 1 aromatic carbocycles. The van der Waals surface area contributed by atoms with Crippen LogP contribution in [0.15, 0.2) is 24.3 Å². The normalized spacial score (nSPS) is 23.9. The quantitative estimate of drug-likeness (QED) is 0.512. The molecule has 2 aromatic rings. The summed E-state index contributed by atoms with van der Waals surface area (Å²) in [5.41, 5.74) is 6.75. The first-order valence-electron chi connectivity index (χ1n) is 13.9. The third-order valence-electron chi connectivity index (χ3n) is 8.92. The number of aromatic nitrogens is 1. The number of nitrogens with one attached hydrogen (secondary N) is 2. The lowest BCUT2D eigenvalue weighted by Crippen LogP contribution is -2.53. The minimum absolute atomic E-state index is 0.110. The molecule has 38 heavy (non-hydrogen) atoms. The van der Waals surface area contributed by atoms with Crippen molar-refractivity contribution in [1.29, 1.82) is 0 Å². The van der Waals surface area contributed by atoms with Crippen molar-refractivity contribution in [3.8, 4) is 5.75 Å². The van der Waals surface area contributed by atoms with Crippen molar-refractivity contribution in [1.82, 2.24) is 15.2 Å². The van der Waals surface area contributed by atoms with Crippen molar-refractivity contribution in [3.05, 3.63) is 30.0 Å². The van der Waals surface area contributed by atoms with Crippen LogP contribution in [0.25, 0.3) is 10.9 Å². The summed E-state index contributed by atoms with van der Waals surface area (Å²) >= 11 is 0. The number of nitrogens with zero attached hydrogens (tertiary/aromatic N) is 1. The minimum Gasteiger partial charge on any atom is -0.496 e. The third-order valence-corrected chi connectivity index (χ3v) is 8.92. The number of primary amides is 1. The number of H-pyrrole nitrogens is 1. The molecule has 5 rings (SSSR count). The molecule has 1 saturated heterocycles. The lowest BCUT2D eigenvalue weighted by molar-refractivity contribution is -0.131. The average molecular weight is 523 g/mol. The zero-order valence-electron chi connectivity index (χ0n) is 22.1. The lowest BCUT2D eigenvalue weighted by Gasteiger charge is -2.32. The van der Waals surface area contributed by atoms with E-state index in [0.717, 1.165) is 55.8 Å². The molecule has 1 unspecified atom stereocenters. The van der Waals surface area contributed by atoms with Crippen LogP contribution in [-0.4, -0.2) is 59.1 Å². The molecule has 9 heteroatoms. The van der Waals surface area contributed by atoms with Crippen LogP contribution in [0.5, 0.6) is 5.75 Å². The second-order valence-corrected chi connectivity index (χ2v) is 11.4. The number of Topliss-reactive ketones (excluding diaryl/α,β-unsaturated/α-hetero) is 1. The number of carbonyl (C=O) groups is 4. The van der Waals surface area contributed by atoms with Gasteiger partial charge in [-0.1, -0.05) is 31.7 Å². The number of ketones is 1. The fourth-order valence-electron chi connectivity index (χ4n) is 6.85. The molecule has 1 spiro atoms. The number of likely N-dealkylation sites (tertiary alicyclic amines) is 1. The number of hydrogen-bond donors (Lipinski definition) is 3. The van der Waals surface area contributed by atoms with Gasteiger partial charge in [0, 0.05) is 29.8 Å². The molecule has 3 amide bonds. The van der Waals surface area contributed by atoms with Gasteiger partial charge < -0.3 is 25.7 Å². The maximum absolute atomic E-state index is 13.9. The van der Waals surface area contributed by atoms with Crippen molar-refractivity contribution in [2.24, 2.45) is 17.1 Å². The van der Waals surface area contributed by atoms with Gasteiger partial charge in [-0.2, -0.15) is 0 Å². The molecule has 1 aliphatic heterocycles. The maximum atomic E-state index is 13.9. The van der Waals surface area contributed by atoms with E-state index in [1.54, 1.807) is 18.1 Å². The van der Waals surface area contributed by atoms with E-state index in [-0.39, 0.29) is 35.4 Å². The monoisotopic (exact) mass is 522 g/mol. The summed E-state index contributed by atoms with van der Waals surface area (Å²) in [5.74, 6) is -0.745. The molecule has 0 bridgehead atoms. The molecule has 204 valence electrons. The fourth-order valence-corrected chi connectivity index (χ4v) is 6.85. The Bertz CT molecular complexity index is 1230. The molecular weight excluding hydrogens is 484 g/mol. The molecule has 9 nitrogen and oxygen atoms in total. The Kier molecular flexibility index (Phi) is 7.45. The van der Waals surface area contributed by atoms with Crippen LogP contribution < -0.4 is 15.8 Å². The topological polar surface area (TPSA) is 135 Å². The molecule has 3 aliphatic rings. The largest absolute Gasteiger partial charge is 0.496 e. The van der Waals surface area contributed by atoms with Gasteiger partial charge in [-0.25, -0.2) is 0 Å². The van der Waals surface area contributed by atoms with Crippen LogP contribution >= 0.6 is 0 Å². The van der Waals surface area contributed by atoms with Crippen molar-refractivity contribution in [2.75, 3.05) is 13.7 Å². The molecule has 4 N–H and O–H groups in total. The van der Waals surface area contributed by atoms with Gasteiger partial charge >= 0.3 is 0 Å². The number of nitrogens with two attached hydrogens (primary N) is 1. The third kappa shape index (κ3) is 5.15. The second-order valence-electron chi connectivity index (χ2n) is 11.4. The number of amides is 3. The molecule has 2 saturated carbocycles. The van der Waals surface area contributed by atoms with Crippen LogP contribution in [0.4, 0.5) is 0 Å². The summed E-state index contributed by atoms with van der Waals surface area (Å²) in [5, 5.41) is 3.64. The maximum Gasteiger partial charge on any atom is 0.271 e. The number of rotatable bonds is 7. The van der Waals surface area contributed by atoms with Crippen molar-refractivity contribution >= 4 is 34.4 Å². The zero-order valence-corrected chi connectivity index (χ0v) is 22.1. The van der Waals surface area contributed by atoms with Gasteiger partial charge in [-0.3, -0.25) is 19.2 Å². The Hall–Kier alpha value is -3.36. The Morgan fingerprint density at radius 2 is 1.97 bits per heavy atom. The van der Waals surface area contributed by atoms with Crippen LogP contribution in [0.2, 0.25) is 0 Å². The molecule has 1 aromatic heterocycles. The van der Waals surface area contributed by atoms with E-state index in [2.05, 4.69) is 10.3 Å². The standard InChI is InChI=1S/C29H38N4O5/c1-38-25-11-7-9-20-19(25)15-22(31-20)28(37)33-17-29(12-5-2-6-13-29)16-23(33)27(36)32-21(26(30)35)14-18-8-3-4-10-24(18)34/h7,9,11,15,18,21,23,31H,2-6,8,10,12-14,16-17H2,1H3,(H2,30,35)(H,32,36)/t18-,21-,23?/m0/s1. The van der Waals surface area contributed by atoms with E-state index in [9.17, 15) is 19.2 Å². The smallest absolute Gasteiger partial charge is 0.271 e. The van der Waals surface area contributed by atoms with E-state index >= 15 is 0 Å². The summed E-state index contributed by atoms with van der Waals surface area (Å²) < 4.78 is 5.45. The average Bonchev–Trinajstić information content (AvgIpc) is 3.51. The summed E-state index contributed by atoms with van der Waals surface area (Å²) in [4.78, 5) is 57.1. The number of carbonyl (C=O) groups excluding carboxylic acids is 4. The summed E-state index contributed by atoms with van der Waals surface area (Å²) in [6, 6.07) is 5.71. The fraction of sp³-hybridized carbons (Fsp3) is 0.586. The van der Waals surface area contributed by atoms with Gasteiger partial charge in [-0.15, -0.1) is 0 Å². The minimum atomic E-state index is -0.938. The molecule has 0 radical (unpaired) electrons. The predicted molar refractivity (Wildman–Crippen MR) is 143 cm³/mol. The molecule has 3 fully saturated rings. The Labute approximate surface area is 222 Å². The summed E-state index contributed by atoms with van der Waals surface area (Å²) in [6.45, 7) is 0.499. The number of fused-ring (bicyclic) bond motifs is 1. The number of benzene rings is 1. The Morgan fingerprint density at radius 1 is 1.18 bits per heavy atom. The highest BCUT2D eigenvalue weighted by Gasteiger charge is 2.49. The van der Waals surface area contributed by atoms with Gasteiger partial charge in [0.15, 0.2) is 0 Å². The number of ether oxygens (including phenoxy) is 1. The highest BCUT2D eigenvalue weighted by molar-refractivity contribution is 6.02. The van der Waals surface area contributed by atoms with E-state index in [1.165, 1.54) is 0 Å². The van der Waals surface area contributed by atoms with Gasteiger partial charge in [-0.05, 0) is 62.1 Å². The summed E-state index contributed by atoms with van der Waals surface area (Å²) in [7, 11) is 1.59. The molecule has 2 heterocycles. The highest BCUT2D eigenvalue weighted by atomic mass is 16.5. The second kappa shape index (κ2) is 10.8. The van der Waals surface area contributed by atoms with Gasteiger partial charge in [0.2, 0.25) is 11.8 Å². The van der Waals surface area contributed by atoms with E-state index in [4.69, 9.17) is 10.5 Å². The highest BCUT2D eigenvalue weighted by Crippen LogP contribution is 2.47. The van der Waals surface area contributed by atoms with E-state index in [1.807, 2.05) is 18.2 Å². The van der Waals surface area contributed by atoms with E-state index < -0.39 is 18.0 Å². The molecule has 2 aliphatic carbocycles. The van der Waals surface area contributed by atoms with Crippen LogP contribution in [0.1, 0.15) is 81.1 Å². The first-order valence-corrected chi connectivity index (χ1v) is 13.9. The van der Waals surface area contributed by atoms with Gasteiger partial charge in [0.05, 0.1) is 7.11 Å². The zero-order chi connectivity index (χ0) is 26.9. The number of aromatic amines is 1. The predicted octanol–water partition coefficient (Wildman–Crippen LogP) is 3.46. The number of hydrogen-bond acceptors (Lipinski definition) is 5. The van der Waals surface area contributed by atoms with Crippen molar-refractivity contribution in [3.63, 3.8) is 0 Å². The first-order chi connectivity index (χ1) is 18.3. The van der Waals surface area contributed by atoms with Gasteiger partial charge in [0.1, 0.15) is 29.3 Å². The molecule has 3 atom stereocenters. The van der Waals surface area contributed by atoms with Crippen LogP contribution in [0.3, 0.4) is 0 Å².